The number of aromatic hydroxyl groups is 1. The average molecular weight is 825 g/mol. The highest BCUT2D eigenvalue weighted by molar-refractivity contribution is 5.96. The molecule has 0 aromatic heterocycles. The van der Waals surface area contributed by atoms with E-state index in [1.54, 1.807) is 36.4 Å². The van der Waals surface area contributed by atoms with Crippen LogP contribution in [0.1, 0.15) is 57.1 Å². The van der Waals surface area contributed by atoms with Gasteiger partial charge in [0.1, 0.15) is 29.9 Å². The smallest absolute Gasteiger partial charge is 0.330 e. The van der Waals surface area contributed by atoms with Crippen LogP contribution in [-0.2, 0) is 36.8 Å². The summed E-state index contributed by atoms with van der Waals surface area (Å²) in [7, 11) is 0. The summed E-state index contributed by atoms with van der Waals surface area (Å²) in [5, 5.41) is 17.9. The Morgan fingerprint density at radius 3 is 2.00 bits per heavy atom. The predicted molar refractivity (Wildman–Crippen MR) is 215 cm³/mol. The lowest BCUT2D eigenvalue weighted by atomic mass is 9.99. The van der Waals surface area contributed by atoms with Gasteiger partial charge in [-0.25, -0.2) is 10.2 Å². The molecule has 7 amide bonds. The Hall–Kier alpha value is -5.33. The summed E-state index contributed by atoms with van der Waals surface area (Å²) in [6.07, 6.45) is 1.62. The second kappa shape index (κ2) is 24.2. The maximum atomic E-state index is 14.0. The van der Waals surface area contributed by atoms with Gasteiger partial charge in [-0.15, -0.1) is 24.8 Å². The summed E-state index contributed by atoms with van der Waals surface area (Å²) in [4.78, 5) is 84.4. The summed E-state index contributed by atoms with van der Waals surface area (Å²) in [5.41, 5.74) is 27.9. The number of nitrogens with two attached hydrogens (primary N) is 4. The van der Waals surface area contributed by atoms with Crippen LogP contribution in [0.25, 0.3) is 0 Å². The van der Waals surface area contributed by atoms with Crippen molar-refractivity contribution in [1.82, 2.24) is 31.7 Å². The monoisotopic (exact) mass is 823 g/mol. The zero-order valence-electron chi connectivity index (χ0n) is 31.4. The van der Waals surface area contributed by atoms with Gasteiger partial charge in [-0.05, 0) is 67.7 Å². The molecule has 1 aliphatic heterocycles. The number of nitrogens with one attached hydrogen (secondary N) is 5. The normalized spacial score (nSPS) is 15.4. The van der Waals surface area contributed by atoms with Crippen LogP contribution in [0.2, 0.25) is 0 Å². The number of urea groups is 1. The van der Waals surface area contributed by atoms with Crippen molar-refractivity contribution in [2.24, 2.45) is 33.8 Å². The third-order valence-corrected chi connectivity index (χ3v) is 8.69. The number of hydrogen-bond donors (Lipinski definition) is 10. The fourth-order valence-electron chi connectivity index (χ4n) is 6.03. The Labute approximate surface area is 338 Å². The van der Waals surface area contributed by atoms with Crippen molar-refractivity contribution in [1.29, 1.82) is 0 Å². The first-order valence-corrected chi connectivity index (χ1v) is 17.8. The molecule has 0 aliphatic carbocycles. The summed E-state index contributed by atoms with van der Waals surface area (Å²) >= 11 is 0. The van der Waals surface area contributed by atoms with E-state index < -0.39 is 65.8 Å². The van der Waals surface area contributed by atoms with E-state index in [2.05, 4.69) is 26.4 Å². The van der Waals surface area contributed by atoms with Crippen molar-refractivity contribution >= 4 is 66.3 Å². The third-order valence-electron chi connectivity index (χ3n) is 8.69. The van der Waals surface area contributed by atoms with Crippen molar-refractivity contribution in [2.75, 3.05) is 13.1 Å². The molecule has 1 aliphatic rings. The first-order chi connectivity index (χ1) is 25.6. The highest BCUT2D eigenvalue weighted by Crippen LogP contribution is 2.20. The number of benzene rings is 2. The summed E-state index contributed by atoms with van der Waals surface area (Å²) < 4.78 is 0. The number of phenolic OH excluding ortho intramolecular Hbond substituents is 1. The van der Waals surface area contributed by atoms with Crippen LogP contribution in [0.5, 0.6) is 5.75 Å². The van der Waals surface area contributed by atoms with E-state index in [-0.39, 0.29) is 81.2 Å². The molecule has 310 valence electrons. The maximum Gasteiger partial charge on any atom is 0.330 e. The minimum atomic E-state index is -1.13. The van der Waals surface area contributed by atoms with Gasteiger partial charge in [-0.1, -0.05) is 56.3 Å². The van der Waals surface area contributed by atoms with Crippen LogP contribution in [0.4, 0.5) is 4.79 Å². The molecule has 1 heterocycles. The van der Waals surface area contributed by atoms with E-state index >= 15 is 0 Å². The highest BCUT2D eigenvalue weighted by atomic mass is 35.5. The summed E-state index contributed by atoms with van der Waals surface area (Å²) in [6.45, 7) is 4.11. The van der Waals surface area contributed by atoms with Gasteiger partial charge < -0.3 is 48.9 Å². The van der Waals surface area contributed by atoms with E-state index in [4.69, 9.17) is 22.9 Å². The Kier molecular flexibility index (Phi) is 21.1. The van der Waals surface area contributed by atoms with E-state index in [0.29, 0.717) is 24.8 Å². The second-order valence-electron chi connectivity index (χ2n) is 13.6. The standard InChI is InChI=1S/C36H53N11O7.2ClH/c1-21(2)18-27(31(50)42-26(10-6-16-41-35(38)39)34(53)47-17-7-11-29(47)33(52)45-46-36(40)54)44-32(51)28(20-22-8-4-3-5-9-22)43-30(49)25(37)19-23-12-14-24(48)15-13-23;;/h3-5,8-9,12-15,21,25-29,48H,6-7,10-11,16-20,37H2,1-2H3,(H,42,50)(H,43,49)(H,44,51)(H,45,52)(H4,38,39,41)(H3,40,46,54);2*1H/t25-,26-,27-,28+,29-;;/m0../s1. The number of nitrogens with zero attached hydrogens (tertiary/aromatic N) is 2. The molecule has 0 spiro atoms. The molecule has 2 aromatic rings. The number of carbonyl (C=O) groups excluding carboxylic acids is 6. The maximum absolute atomic E-state index is 14.0. The number of carbonyl (C=O) groups is 6. The first kappa shape index (κ1) is 48.7. The van der Waals surface area contributed by atoms with Crippen molar-refractivity contribution in [3.63, 3.8) is 0 Å². The zero-order valence-corrected chi connectivity index (χ0v) is 33.1. The van der Waals surface area contributed by atoms with Crippen LogP contribution in [-0.4, -0.2) is 94.8 Å². The van der Waals surface area contributed by atoms with Crippen LogP contribution in [0.3, 0.4) is 0 Å². The summed E-state index contributed by atoms with van der Waals surface area (Å²) in [5.74, 6) is -3.23. The topological polar surface area (TPSA) is 302 Å². The van der Waals surface area contributed by atoms with Crippen LogP contribution >= 0.6 is 24.8 Å². The van der Waals surface area contributed by atoms with Crippen LogP contribution < -0.4 is 49.7 Å². The van der Waals surface area contributed by atoms with Gasteiger partial charge in [0, 0.05) is 19.5 Å². The van der Waals surface area contributed by atoms with Crippen molar-refractivity contribution in [3.8, 4) is 5.75 Å². The number of rotatable bonds is 18. The van der Waals surface area contributed by atoms with Gasteiger partial charge >= 0.3 is 6.03 Å². The summed E-state index contributed by atoms with van der Waals surface area (Å²) in [6, 6.07) is 8.95. The van der Waals surface area contributed by atoms with Crippen molar-refractivity contribution in [2.45, 2.75) is 89.0 Å². The van der Waals surface area contributed by atoms with Gasteiger partial charge in [0.05, 0.1) is 6.04 Å². The quantitative estimate of drug-likeness (QED) is 0.0401. The molecule has 5 atom stereocenters. The molecular weight excluding hydrogens is 769 g/mol. The molecule has 18 nitrogen and oxygen atoms in total. The number of amides is 7. The Morgan fingerprint density at radius 2 is 1.39 bits per heavy atom. The lowest BCUT2D eigenvalue weighted by Gasteiger charge is -2.30. The molecule has 3 rings (SSSR count). The number of hydrogen-bond acceptors (Lipinski definition) is 9. The average Bonchev–Trinajstić information content (AvgIpc) is 3.62. The molecule has 1 saturated heterocycles. The molecule has 56 heavy (non-hydrogen) atoms. The molecule has 0 saturated carbocycles. The SMILES string of the molecule is CC(C)C[C@H](NC(=O)[C@@H](Cc1ccccc1)NC(=O)[C@@H](N)Cc1ccc(O)cc1)C(=O)N[C@@H](CCCN=C(N)N)C(=O)N1CCC[C@H]1C(=O)NNC(N)=O.Cl.Cl. The van der Waals surface area contributed by atoms with E-state index in [1.807, 2.05) is 25.3 Å². The Balaban J connectivity index is 0.00000784. The van der Waals surface area contributed by atoms with Gasteiger partial charge in [0.25, 0.3) is 5.91 Å². The predicted octanol–water partition coefficient (Wildman–Crippen LogP) is -0.407. The van der Waals surface area contributed by atoms with E-state index in [1.165, 1.54) is 17.0 Å². The molecule has 0 bridgehead atoms. The zero-order chi connectivity index (χ0) is 39.8. The van der Waals surface area contributed by atoms with Gasteiger partial charge in [0.15, 0.2) is 5.96 Å². The minimum Gasteiger partial charge on any atom is -0.508 e. The number of halogens is 2. The lowest BCUT2D eigenvalue weighted by Crippen LogP contribution is -2.59. The number of phenols is 1. The van der Waals surface area contributed by atoms with Gasteiger partial charge in [0.2, 0.25) is 23.6 Å². The number of guanidine groups is 1. The fraction of sp³-hybridized carbons (Fsp3) is 0.472. The molecule has 2 aromatic carbocycles. The number of aliphatic imine (C=N–C) groups is 1. The highest BCUT2D eigenvalue weighted by Gasteiger charge is 2.39. The molecule has 1 fully saturated rings. The second-order valence-corrected chi connectivity index (χ2v) is 13.6. The molecule has 0 radical (unpaired) electrons. The number of hydrazine groups is 1. The Morgan fingerprint density at radius 1 is 0.804 bits per heavy atom. The first-order valence-electron chi connectivity index (χ1n) is 17.8. The van der Waals surface area contributed by atoms with E-state index in [9.17, 15) is 33.9 Å². The minimum absolute atomic E-state index is 0. The number of likely N-dealkylation sites (tertiary alicyclic amines) is 1. The van der Waals surface area contributed by atoms with Crippen molar-refractivity contribution < 1.29 is 33.9 Å². The Bertz CT molecular complexity index is 1630. The molecule has 0 unspecified atom stereocenters. The van der Waals surface area contributed by atoms with E-state index in [0.717, 1.165) is 5.56 Å². The van der Waals surface area contributed by atoms with Crippen LogP contribution in [0, 0.1) is 5.92 Å². The lowest BCUT2D eigenvalue weighted by molar-refractivity contribution is -0.142. The van der Waals surface area contributed by atoms with Gasteiger partial charge in [-0.3, -0.25) is 34.4 Å². The van der Waals surface area contributed by atoms with Gasteiger partial charge in [-0.2, -0.15) is 0 Å². The molecular formula is C36H55Cl2N11O7. The molecule has 20 heteroatoms. The third kappa shape index (κ3) is 16.2. The largest absolute Gasteiger partial charge is 0.508 e. The fourth-order valence-corrected chi connectivity index (χ4v) is 6.03. The van der Waals surface area contributed by atoms with Crippen LogP contribution in [0.15, 0.2) is 59.6 Å². The molecule has 14 N–H and O–H groups in total. The number of primary amides is 1. The van der Waals surface area contributed by atoms with Crippen molar-refractivity contribution in [3.05, 3.63) is 65.7 Å².